The number of Topliss-reactive ketones (excluding diaryl/α,β-unsaturated/α-hetero) is 1. The quantitative estimate of drug-likeness (QED) is 0.0677. The molecule has 0 aromatic carbocycles. The van der Waals surface area contributed by atoms with Crippen molar-refractivity contribution in [3.8, 4) is 0 Å². The molecule has 0 bridgehead atoms. The molecular weight excluding hydrogens is 659 g/mol. The van der Waals surface area contributed by atoms with Gasteiger partial charge in [-0.15, -0.1) is 0 Å². The van der Waals surface area contributed by atoms with Crippen molar-refractivity contribution in [3.05, 3.63) is 37.0 Å². The first-order chi connectivity index (χ1) is 23.3. The number of nitrogens with one attached hydrogen (secondary N) is 5. The molecule has 0 radical (unpaired) electrons. The first kappa shape index (κ1) is 48.6. The minimum atomic E-state index is -1.03. The van der Waals surface area contributed by atoms with Crippen molar-refractivity contribution in [1.29, 1.82) is 0 Å². The fraction of sp³-hybridized carbons (Fsp3) is 0.667. The number of carbonyl (C=O) groups is 6. The molecule has 14 heteroatoms. The third-order valence-corrected chi connectivity index (χ3v) is 7.28. The summed E-state index contributed by atoms with van der Waals surface area (Å²) in [7, 11) is 1.88. The number of allylic oxidation sites excluding steroid dienone is 2. The molecule has 286 valence electrons. The molecular formula is C36H65N7O6S. The Morgan fingerprint density at radius 2 is 1.52 bits per heavy atom. The molecule has 5 amide bonds. The predicted octanol–water partition coefficient (Wildman–Crippen LogP) is 3.06. The number of likely N-dealkylation sites (tertiary alicyclic amines) is 1. The SMILES string of the molecule is C=C/C=C(\C=C)CNC(=O)C(C)NC(=O)NC(C=O)C(C)(C)C.CC(C)C.CN1CCCC1C(=O)NC(NC1CCC1)C(=O)C(N)=O.CSC. The lowest BCUT2D eigenvalue weighted by molar-refractivity contribution is -0.139. The zero-order chi connectivity index (χ0) is 39.0. The summed E-state index contributed by atoms with van der Waals surface area (Å²) in [6, 6.07) is -2.01. The Morgan fingerprint density at radius 3 is 1.90 bits per heavy atom. The number of nitrogens with two attached hydrogens (primary N) is 1. The van der Waals surface area contributed by atoms with Crippen molar-refractivity contribution in [3.63, 3.8) is 0 Å². The van der Waals surface area contributed by atoms with Crippen LogP contribution >= 0.6 is 11.8 Å². The number of aldehydes is 1. The van der Waals surface area contributed by atoms with Gasteiger partial charge in [0.1, 0.15) is 18.5 Å². The minimum Gasteiger partial charge on any atom is -0.363 e. The van der Waals surface area contributed by atoms with E-state index in [-0.39, 0.29) is 23.9 Å². The molecule has 0 spiro atoms. The number of carbonyl (C=O) groups excluding carboxylic acids is 6. The zero-order valence-electron chi connectivity index (χ0n) is 32.0. The maximum absolute atomic E-state index is 12.2. The Morgan fingerprint density at radius 1 is 0.960 bits per heavy atom. The van der Waals surface area contributed by atoms with E-state index >= 15 is 0 Å². The van der Waals surface area contributed by atoms with Crippen LogP contribution in [0.4, 0.5) is 4.79 Å². The van der Waals surface area contributed by atoms with Gasteiger partial charge in [-0.2, -0.15) is 11.8 Å². The van der Waals surface area contributed by atoms with Gasteiger partial charge >= 0.3 is 6.03 Å². The number of rotatable bonds is 14. The summed E-state index contributed by atoms with van der Waals surface area (Å²) >= 11 is 1.75. The highest BCUT2D eigenvalue weighted by Crippen LogP contribution is 2.19. The normalized spacial score (nSPS) is 17.6. The number of amides is 5. The van der Waals surface area contributed by atoms with Crippen molar-refractivity contribution < 1.29 is 28.8 Å². The van der Waals surface area contributed by atoms with E-state index in [4.69, 9.17) is 5.73 Å². The number of nitrogens with zero attached hydrogens (tertiary/aromatic N) is 1. The van der Waals surface area contributed by atoms with Crippen molar-refractivity contribution in [2.24, 2.45) is 17.1 Å². The van der Waals surface area contributed by atoms with Crippen LogP contribution in [-0.2, 0) is 24.0 Å². The third kappa shape index (κ3) is 21.6. The Hall–Kier alpha value is -3.49. The smallest absolute Gasteiger partial charge is 0.316 e. The average Bonchev–Trinajstić information content (AvgIpc) is 3.44. The highest BCUT2D eigenvalue weighted by atomic mass is 32.2. The highest BCUT2D eigenvalue weighted by molar-refractivity contribution is 7.97. The Bertz CT molecular complexity index is 1130. The fourth-order valence-corrected chi connectivity index (χ4v) is 4.21. The summed E-state index contributed by atoms with van der Waals surface area (Å²) in [6.45, 7) is 21.9. The van der Waals surface area contributed by atoms with Crippen LogP contribution in [0.1, 0.15) is 80.6 Å². The van der Waals surface area contributed by atoms with Crippen LogP contribution in [0, 0.1) is 11.3 Å². The van der Waals surface area contributed by atoms with Gasteiger partial charge in [0.05, 0.1) is 12.1 Å². The third-order valence-electron chi connectivity index (χ3n) is 7.28. The summed E-state index contributed by atoms with van der Waals surface area (Å²) in [5.74, 6) is -1.54. The van der Waals surface area contributed by atoms with Gasteiger partial charge in [-0.25, -0.2) is 4.79 Å². The number of hydrogen-bond donors (Lipinski definition) is 6. The number of thioether (sulfide) groups is 1. The molecule has 13 nitrogen and oxygen atoms in total. The highest BCUT2D eigenvalue weighted by Gasteiger charge is 2.34. The lowest BCUT2D eigenvalue weighted by atomic mass is 9.88. The number of hydrogen-bond acceptors (Lipinski definition) is 9. The molecule has 2 aliphatic rings. The molecule has 0 aromatic rings. The van der Waals surface area contributed by atoms with Gasteiger partial charge in [-0.1, -0.05) is 79.3 Å². The van der Waals surface area contributed by atoms with Crippen LogP contribution in [0.2, 0.25) is 0 Å². The Kier molecular flexibility index (Phi) is 25.6. The number of ketones is 1. The van der Waals surface area contributed by atoms with Crippen LogP contribution in [-0.4, -0.2) is 104 Å². The number of likely N-dealkylation sites (N-methyl/N-ethyl adjacent to an activating group) is 1. The zero-order valence-corrected chi connectivity index (χ0v) is 32.8. The Balaban J connectivity index is 0. The van der Waals surface area contributed by atoms with Crippen LogP contribution in [0.15, 0.2) is 37.0 Å². The van der Waals surface area contributed by atoms with E-state index in [0.717, 1.165) is 50.1 Å². The molecule has 1 saturated carbocycles. The van der Waals surface area contributed by atoms with E-state index in [9.17, 15) is 28.8 Å². The second-order valence-corrected chi connectivity index (χ2v) is 14.8. The van der Waals surface area contributed by atoms with E-state index in [1.807, 2.05) is 45.2 Å². The van der Waals surface area contributed by atoms with Gasteiger partial charge in [0, 0.05) is 12.6 Å². The minimum absolute atomic E-state index is 0.171. The molecule has 50 heavy (non-hydrogen) atoms. The van der Waals surface area contributed by atoms with Crippen LogP contribution in [0.3, 0.4) is 0 Å². The maximum atomic E-state index is 12.2. The summed E-state index contributed by atoms with van der Waals surface area (Å²) in [5.41, 5.74) is 5.44. The topological polar surface area (TPSA) is 192 Å². The van der Waals surface area contributed by atoms with E-state index in [1.165, 1.54) is 0 Å². The lowest BCUT2D eigenvalue weighted by Gasteiger charge is -2.31. The second-order valence-electron chi connectivity index (χ2n) is 14.0. The molecule has 1 heterocycles. The molecule has 1 saturated heterocycles. The van der Waals surface area contributed by atoms with E-state index in [0.29, 0.717) is 12.8 Å². The van der Waals surface area contributed by atoms with Crippen molar-refractivity contribution in [2.45, 2.75) is 111 Å². The first-order valence-corrected chi connectivity index (χ1v) is 18.7. The lowest BCUT2D eigenvalue weighted by Crippen LogP contribution is -2.60. The van der Waals surface area contributed by atoms with Crippen LogP contribution in [0.5, 0.6) is 0 Å². The monoisotopic (exact) mass is 723 g/mol. The predicted molar refractivity (Wildman–Crippen MR) is 204 cm³/mol. The maximum Gasteiger partial charge on any atom is 0.316 e. The van der Waals surface area contributed by atoms with Gasteiger partial charge in [0.2, 0.25) is 11.8 Å². The van der Waals surface area contributed by atoms with Crippen LogP contribution in [0.25, 0.3) is 0 Å². The summed E-state index contributed by atoms with van der Waals surface area (Å²) in [5, 5.41) is 13.4. The summed E-state index contributed by atoms with van der Waals surface area (Å²) < 4.78 is 0. The molecule has 4 unspecified atom stereocenters. The molecule has 1 aliphatic heterocycles. The molecule has 2 rings (SSSR count). The summed E-state index contributed by atoms with van der Waals surface area (Å²) in [4.78, 5) is 71.8. The average molecular weight is 724 g/mol. The van der Waals surface area contributed by atoms with Crippen LogP contribution < -0.4 is 32.3 Å². The first-order valence-electron chi connectivity index (χ1n) is 17.0. The molecule has 7 N–H and O–H groups in total. The fourth-order valence-electron chi connectivity index (χ4n) is 4.21. The largest absolute Gasteiger partial charge is 0.363 e. The van der Waals surface area contributed by atoms with Gasteiger partial charge in [0.25, 0.3) is 11.7 Å². The summed E-state index contributed by atoms with van der Waals surface area (Å²) in [6.07, 6.45) is 13.4. The molecule has 1 aliphatic carbocycles. The molecule has 2 fully saturated rings. The van der Waals surface area contributed by atoms with Gasteiger partial charge in [0.15, 0.2) is 0 Å². The standard InChI is InChI=1S/C17H27N3O3.C13H22N4O3.C4H10.C2H6S/c1-7-9-13(8-2)10-18-15(22)12(3)19-16(23)20-14(11-21)17(4,5)6;1-17-7-3-6-9(17)13(20)16-12(10(18)11(14)19)15-8-4-2-5-8;1-4(2)3;1-3-2/h7-9,11-12,14H,1-2,10H2,3-6H3,(H,18,22)(H2,19,20,23);8-9,12,15H,2-7H2,1H3,(H2,14,19)(H,16,20);4H,1-3H3;1-2H3/b13-9+;;;. The van der Waals surface area contributed by atoms with Gasteiger partial charge < -0.3 is 31.8 Å². The van der Waals surface area contributed by atoms with Crippen molar-refractivity contribution >= 4 is 47.6 Å². The van der Waals surface area contributed by atoms with Crippen molar-refractivity contribution in [2.75, 3.05) is 32.6 Å². The van der Waals surface area contributed by atoms with Gasteiger partial charge in [-0.05, 0) is 75.6 Å². The number of primary amides is 1. The second kappa shape index (κ2) is 26.3. The molecule has 4 atom stereocenters. The van der Waals surface area contributed by atoms with E-state index < -0.39 is 41.4 Å². The molecule has 0 aromatic heterocycles. The van der Waals surface area contributed by atoms with Crippen molar-refractivity contribution in [1.82, 2.24) is 31.5 Å². The Labute approximate surface area is 304 Å². The van der Waals surface area contributed by atoms with E-state index in [2.05, 4.69) is 60.5 Å². The number of urea groups is 1. The van der Waals surface area contributed by atoms with Gasteiger partial charge in [-0.3, -0.25) is 29.4 Å². The van der Waals surface area contributed by atoms with E-state index in [1.54, 1.807) is 36.9 Å².